The van der Waals surface area contributed by atoms with Crippen LogP contribution < -0.4 is 5.56 Å². The summed E-state index contributed by atoms with van der Waals surface area (Å²) in [6.45, 7) is 8.44. The van der Waals surface area contributed by atoms with E-state index in [0.717, 1.165) is 39.3 Å². The zero-order chi connectivity index (χ0) is 16.2. The smallest absolute Gasteiger partial charge is 0.250 e. The lowest BCUT2D eigenvalue weighted by molar-refractivity contribution is 0.122. The number of pyridine rings is 1. The summed E-state index contributed by atoms with van der Waals surface area (Å²) >= 11 is 0. The lowest BCUT2D eigenvalue weighted by atomic mass is 10.1. The molecule has 4 nitrogen and oxygen atoms in total. The van der Waals surface area contributed by atoms with E-state index in [-0.39, 0.29) is 5.56 Å². The average molecular weight is 311 g/mol. The number of nitrogens with zero attached hydrogens (tertiary/aromatic N) is 3. The zero-order valence-electron chi connectivity index (χ0n) is 14.0. The van der Waals surface area contributed by atoms with E-state index in [9.17, 15) is 4.79 Å². The van der Waals surface area contributed by atoms with E-state index in [0.29, 0.717) is 0 Å². The Morgan fingerprint density at radius 2 is 1.35 bits per heavy atom. The Kier molecular flexibility index (Phi) is 4.94. The van der Waals surface area contributed by atoms with Gasteiger partial charge in [-0.3, -0.25) is 14.6 Å². The summed E-state index contributed by atoms with van der Waals surface area (Å²) in [5, 5.41) is 0. The van der Waals surface area contributed by atoms with Crippen LogP contribution in [0.5, 0.6) is 0 Å². The summed E-state index contributed by atoms with van der Waals surface area (Å²) in [7, 11) is 1.81. The molecular weight excluding hydrogens is 286 g/mol. The molecule has 1 aliphatic heterocycles. The van der Waals surface area contributed by atoms with Crippen LogP contribution in [0.25, 0.3) is 0 Å². The van der Waals surface area contributed by atoms with E-state index in [2.05, 4.69) is 41.0 Å². The summed E-state index contributed by atoms with van der Waals surface area (Å²) in [5.74, 6) is 0. The van der Waals surface area contributed by atoms with Gasteiger partial charge in [0.15, 0.2) is 0 Å². The summed E-state index contributed by atoms with van der Waals surface area (Å²) < 4.78 is 1.66. The second-order valence-electron chi connectivity index (χ2n) is 6.52. The highest BCUT2D eigenvalue weighted by Gasteiger charge is 2.17. The molecule has 0 aliphatic carbocycles. The number of piperazine rings is 1. The topological polar surface area (TPSA) is 28.5 Å². The highest BCUT2D eigenvalue weighted by Crippen LogP contribution is 2.11. The Morgan fingerprint density at radius 1 is 0.826 bits per heavy atom. The first-order valence-corrected chi connectivity index (χ1v) is 8.26. The van der Waals surface area contributed by atoms with Crippen molar-refractivity contribution >= 4 is 0 Å². The van der Waals surface area contributed by atoms with Crippen LogP contribution in [0.1, 0.15) is 16.7 Å². The molecule has 0 saturated carbocycles. The molecule has 0 atom stereocenters. The minimum absolute atomic E-state index is 0.0525. The van der Waals surface area contributed by atoms with E-state index < -0.39 is 0 Å². The Morgan fingerprint density at radius 3 is 1.91 bits per heavy atom. The maximum atomic E-state index is 11.4. The van der Waals surface area contributed by atoms with Crippen molar-refractivity contribution in [3.05, 3.63) is 69.6 Å². The van der Waals surface area contributed by atoms with Gasteiger partial charge in [-0.05, 0) is 18.1 Å². The number of hydrogen-bond donors (Lipinski definition) is 0. The molecule has 122 valence electrons. The molecule has 4 heteroatoms. The Hall–Kier alpha value is -1.91. The first-order chi connectivity index (χ1) is 11.1. The second-order valence-corrected chi connectivity index (χ2v) is 6.52. The molecule has 1 aliphatic rings. The number of benzene rings is 1. The van der Waals surface area contributed by atoms with Gasteiger partial charge in [-0.2, -0.15) is 0 Å². The predicted molar refractivity (Wildman–Crippen MR) is 93.4 cm³/mol. The fraction of sp³-hybridized carbons (Fsp3) is 0.421. The summed E-state index contributed by atoms with van der Waals surface area (Å²) in [6, 6.07) is 12.4. The zero-order valence-corrected chi connectivity index (χ0v) is 14.0. The molecule has 0 radical (unpaired) electrons. The van der Waals surface area contributed by atoms with Gasteiger partial charge in [-0.1, -0.05) is 35.9 Å². The molecule has 0 amide bonds. The molecule has 2 heterocycles. The molecule has 0 spiro atoms. The number of aromatic nitrogens is 1. The lowest BCUT2D eigenvalue weighted by Crippen LogP contribution is -2.45. The fourth-order valence-corrected chi connectivity index (χ4v) is 3.06. The van der Waals surface area contributed by atoms with Crippen molar-refractivity contribution in [3.8, 4) is 0 Å². The van der Waals surface area contributed by atoms with Crippen LogP contribution in [0.4, 0.5) is 0 Å². The van der Waals surface area contributed by atoms with Crippen LogP contribution in [-0.2, 0) is 20.1 Å². The third kappa shape index (κ3) is 4.30. The van der Waals surface area contributed by atoms with Crippen molar-refractivity contribution in [2.75, 3.05) is 26.2 Å². The van der Waals surface area contributed by atoms with Crippen LogP contribution >= 0.6 is 0 Å². The van der Waals surface area contributed by atoms with Gasteiger partial charge in [0.05, 0.1) is 0 Å². The van der Waals surface area contributed by atoms with Crippen molar-refractivity contribution in [3.63, 3.8) is 0 Å². The van der Waals surface area contributed by atoms with Crippen molar-refractivity contribution < 1.29 is 0 Å². The first-order valence-electron chi connectivity index (χ1n) is 8.26. The van der Waals surface area contributed by atoms with Crippen LogP contribution in [0.2, 0.25) is 0 Å². The molecule has 1 aromatic carbocycles. The van der Waals surface area contributed by atoms with E-state index in [1.165, 1.54) is 16.7 Å². The number of rotatable bonds is 4. The maximum Gasteiger partial charge on any atom is 0.250 e. The Bertz CT molecular complexity index is 697. The largest absolute Gasteiger partial charge is 0.318 e. The molecular formula is C19H25N3O. The normalized spacial score (nSPS) is 16.6. The van der Waals surface area contributed by atoms with Crippen LogP contribution in [0.3, 0.4) is 0 Å². The van der Waals surface area contributed by atoms with Gasteiger partial charge in [0.2, 0.25) is 5.56 Å². The van der Waals surface area contributed by atoms with Crippen molar-refractivity contribution in [2.45, 2.75) is 20.0 Å². The molecule has 0 unspecified atom stereocenters. The fourth-order valence-electron chi connectivity index (χ4n) is 3.06. The monoisotopic (exact) mass is 311 g/mol. The first kappa shape index (κ1) is 16.0. The van der Waals surface area contributed by atoms with Gasteiger partial charge in [0.25, 0.3) is 0 Å². The third-order valence-corrected chi connectivity index (χ3v) is 4.54. The van der Waals surface area contributed by atoms with Gasteiger partial charge < -0.3 is 4.57 Å². The molecule has 3 rings (SSSR count). The number of hydrogen-bond acceptors (Lipinski definition) is 3. The van der Waals surface area contributed by atoms with Crippen molar-refractivity contribution in [2.24, 2.45) is 7.05 Å². The minimum Gasteiger partial charge on any atom is -0.318 e. The molecule has 0 N–H and O–H groups in total. The second kappa shape index (κ2) is 7.11. The number of aryl methyl sites for hydroxylation is 2. The molecule has 1 aromatic heterocycles. The van der Waals surface area contributed by atoms with Crippen molar-refractivity contribution in [1.82, 2.24) is 14.4 Å². The summed E-state index contributed by atoms with van der Waals surface area (Å²) in [4.78, 5) is 16.4. The molecule has 23 heavy (non-hydrogen) atoms. The SMILES string of the molecule is Cc1ccc(CN2CCN(Cc3ccc(=O)n(C)c3)CC2)cc1. The lowest BCUT2D eigenvalue weighted by Gasteiger charge is -2.34. The quantitative estimate of drug-likeness (QED) is 0.865. The van der Waals surface area contributed by atoms with E-state index in [1.807, 2.05) is 19.3 Å². The molecule has 2 aromatic rings. The van der Waals surface area contributed by atoms with Gasteiger partial charge in [0, 0.05) is 58.6 Å². The van der Waals surface area contributed by atoms with Crippen molar-refractivity contribution in [1.29, 1.82) is 0 Å². The molecule has 1 fully saturated rings. The standard InChI is InChI=1S/C19H25N3O/c1-16-3-5-17(6-4-16)14-21-9-11-22(12-10-21)15-18-7-8-19(23)20(2)13-18/h3-8,13H,9-12,14-15H2,1-2H3. The van der Waals surface area contributed by atoms with Crippen LogP contribution in [-0.4, -0.2) is 40.5 Å². The Balaban J connectivity index is 1.51. The van der Waals surface area contributed by atoms with E-state index in [1.54, 1.807) is 10.6 Å². The van der Waals surface area contributed by atoms with E-state index in [4.69, 9.17) is 0 Å². The minimum atomic E-state index is 0.0525. The highest BCUT2D eigenvalue weighted by atomic mass is 16.1. The highest BCUT2D eigenvalue weighted by molar-refractivity contribution is 5.21. The van der Waals surface area contributed by atoms with Gasteiger partial charge in [-0.25, -0.2) is 0 Å². The summed E-state index contributed by atoms with van der Waals surface area (Å²) in [6.07, 6.45) is 1.95. The average Bonchev–Trinajstić information content (AvgIpc) is 2.55. The summed E-state index contributed by atoms with van der Waals surface area (Å²) in [5.41, 5.74) is 3.97. The van der Waals surface area contributed by atoms with Crippen LogP contribution in [0, 0.1) is 6.92 Å². The molecule has 1 saturated heterocycles. The predicted octanol–water partition coefficient (Wildman–Crippen LogP) is 2.01. The van der Waals surface area contributed by atoms with E-state index >= 15 is 0 Å². The third-order valence-electron chi connectivity index (χ3n) is 4.54. The van der Waals surface area contributed by atoms with Gasteiger partial charge in [-0.15, -0.1) is 0 Å². The Labute approximate surface area is 138 Å². The van der Waals surface area contributed by atoms with Crippen LogP contribution in [0.15, 0.2) is 47.4 Å². The van der Waals surface area contributed by atoms with Gasteiger partial charge in [0.1, 0.15) is 0 Å². The van der Waals surface area contributed by atoms with Gasteiger partial charge >= 0.3 is 0 Å². The molecule has 0 bridgehead atoms. The maximum absolute atomic E-state index is 11.4.